The fourth-order valence-corrected chi connectivity index (χ4v) is 6.79. The van der Waals surface area contributed by atoms with Crippen LogP contribution in [-0.4, -0.2) is 36.6 Å². The zero-order chi connectivity index (χ0) is 16.9. The predicted octanol–water partition coefficient (Wildman–Crippen LogP) is 2.35. The summed E-state index contributed by atoms with van der Waals surface area (Å²) in [7, 11) is 0. The lowest BCUT2D eigenvalue weighted by Crippen LogP contribution is -3.19. The molecule has 4 aliphatic rings. The molecule has 3 heteroatoms. The Bertz CT molecular complexity index is 666. The Kier molecular flexibility index (Phi) is 3.87. The third-order valence-corrected chi connectivity index (χ3v) is 7.83. The lowest BCUT2D eigenvalue weighted by atomic mass is 9.67. The number of nitrogens with zero attached hydrogens (tertiary/aromatic N) is 2. The molecule has 4 heterocycles. The van der Waals surface area contributed by atoms with E-state index < -0.39 is 0 Å². The topological polar surface area (TPSA) is 31.5 Å². The second kappa shape index (κ2) is 6.11. The van der Waals surface area contributed by atoms with Crippen LogP contribution < -0.4 is 4.90 Å². The third kappa shape index (κ3) is 2.38. The smallest absolute Gasteiger partial charge is 0.135 e. The van der Waals surface area contributed by atoms with E-state index in [-0.39, 0.29) is 5.54 Å². The van der Waals surface area contributed by atoms with Gasteiger partial charge in [0, 0.05) is 24.4 Å². The van der Waals surface area contributed by atoms with E-state index in [0.29, 0.717) is 6.04 Å². The van der Waals surface area contributed by atoms with Gasteiger partial charge in [-0.3, -0.25) is 4.90 Å². The third-order valence-electron chi connectivity index (χ3n) is 7.83. The van der Waals surface area contributed by atoms with Crippen LogP contribution in [0.25, 0.3) is 0 Å². The monoisotopic (exact) mass is 336 g/mol. The molecule has 0 saturated carbocycles. The van der Waals surface area contributed by atoms with Crippen molar-refractivity contribution in [3.8, 4) is 6.07 Å². The Morgan fingerprint density at radius 3 is 2.80 bits per heavy atom. The molecule has 1 aromatic carbocycles. The lowest BCUT2D eigenvalue weighted by molar-refractivity contribution is -0.945. The highest BCUT2D eigenvalue weighted by Crippen LogP contribution is 2.47. The minimum atomic E-state index is -0.382. The van der Waals surface area contributed by atoms with Crippen molar-refractivity contribution in [2.75, 3.05) is 19.6 Å². The van der Waals surface area contributed by atoms with E-state index in [4.69, 9.17) is 0 Å². The second-order valence-corrected chi connectivity index (χ2v) is 8.92. The van der Waals surface area contributed by atoms with Gasteiger partial charge in [-0.15, -0.1) is 0 Å². The summed E-state index contributed by atoms with van der Waals surface area (Å²) >= 11 is 0. The van der Waals surface area contributed by atoms with Crippen molar-refractivity contribution < 1.29 is 4.90 Å². The van der Waals surface area contributed by atoms with Crippen LogP contribution in [-0.2, 0) is 5.54 Å². The first kappa shape index (κ1) is 15.9. The molecule has 25 heavy (non-hydrogen) atoms. The Morgan fingerprint density at radius 2 is 1.96 bits per heavy atom. The molecule has 0 amide bonds. The van der Waals surface area contributed by atoms with Gasteiger partial charge in [0.05, 0.1) is 25.2 Å². The first-order valence-electron chi connectivity index (χ1n) is 10.4. The molecular weight excluding hydrogens is 306 g/mol. The van der Waals surface area contributed by atoms with Gasteiger partial charge < -0.3 is 4.90 Å². The summed E-state index contributed by atoms with van der Waals surface area (Å²) < 4.78 is 0. The molecule has 4 fully saturated rings. The van der Waals surface area contributed by atoms with Crippen LogP contribution in [0.1, 0.15) is 50.5 Å². The van der Waals surface area contributed by atoms with Gasteiger partial charge in [-0.05, 0) is 50.5 Å². The number of hydrogen-bond acceptors (Lipinski definition) is 2. The van der Waals surface area contributed by atoms with Crippen molar-refractivity contribution in [3.05, 3.63) is 35.9 Å². The highest BCUT2D eigenvalue weighted by atomic mass is 15.3. The van der Waals surface area contributed by atoms with Gasteiger partial charge in [-0.2, -0.15) is 5.26 Å². The quantitative estimate of drug-likeness (QED) is 0.854. The average Bonchev–Trinajstić information content (AvgIpc) is 2.68. The van der Waals surface area contributed by atoms with Gasteiger partial charge in [0.25, 0.3) is 0 Å². The van der Waals surface area contributed by atoms with Gasteiger partial charge in [0.2, 0.25) is 0 Å². The summed E-state index contributed by atoms with van der Waals surface area (Å²) in [5.41, 5.74) is 0.850. The maximum absolute atomic E-state index is 10.3. The second-order valence-electron chi connectivity index (χ2n) is 8.92. The molecule has 0 radical (unpaired) electrons. The van der Waals surface area contributed by atoms with Gasteiger partial charge in [-0.25, -0.2) is 0 Å². The van der Waals surface area contributed by atoms with Gasteiger partial charge in [0.1, 0.15) is 5.54 Å². The summed E-state index contributed by atoms with van der Waals surface area (Å²) in [4.78, 5) is 4.58. The minimum Gasteiger partial charge on any atom is -0.332 e. The van der Waals surface area contributed by atoms with Crippen LogP contribution in [0.5, 0.6) is 0 Å². The number of fused-ring (bicyclic) bond motifs is 6. The summed E-state index contributed by atoms with van der Waals surface area (Å²) in [6.45, 7) is 3.91. The number of piperidine rings is 4. The zero-order valence-electron chi connectivity index (χ0n) is 15.2. The molecule has 132 valence electrons. The van der Waals surface area contributed by atoms with Crippen molar-refractivity contribution in [1.82, 2.24) is 4.90 Å². The van der Waals surface area contributed by atoms with E-state index in [9.17, 15) is 5.26 Å². The highest BCUT2D eigenvalue weighted by Gasteiger charge is 2.55. The first-order chi connectivity index (χ1) is 12.3. The number of benzene rings is 1. The van der Waals surface area contributed by atoms with Crippen LogP contribution in [0.3, 0.4) is 0 Å². The fraction of sp³-hybridized carbons (Fsp3) is 0.682. The van der Waals surface area contributed by atoms with Gasteiger partial charge in [-0.1, -0.05) is 30.3 Å². The van der Waals surface area contributed by atoms with Gasteiger partial charge in [0.15, 0.2) is 0 Å². The van der Waals surface area contributed by atoms with Crippen molar-refractivity contribution in [3.63, 3.8) is 0 Å². The maximum atomic E-state index is 10.3. The molecule has 2 bridgehead atoms. The molecule has 0 aliphatic carbocycles. The SMILES string of the molecule is N#C[C@]1(c2ccccc2)CCC[C@@H]2[C@H]3C[C@@H](CN21)[C@@H]1CCCC[NH+]1C3. The van der Waals surface area contributed by atoms with E-state index >= 15 is 0 Å². The minimum absolute atomic E-state index is 0.382. The number of hydrogen-bond donors (Lipinski definition) is 1. The molecule has 3 nitrogen and oxygen atoms in total. The Hall–Kier alpha value is -1.37. The molecule has 5 rings (SSSR count). The Labute approximate surface area is 151 Å². The number of nitrogens with one attached hydrogen (secondary N) is 1. The summed E-state index contributed by atoms with van der Waals surface area (Å²) in [5, 5.41) is 10.3. The van der Waals surface area contributed by atoms with Crippen molar-refractivity contribution in [2.24, 2.45) is 11.8 Å². The Balaban J connectivity index is 1.52. The highest BCUT2D eigenvalue weighted by molar-refractivity contribution is 5.33. The molecule has 0 aromatic heterocycles. The van der Waals surface area contributed by atoms with E-state index in [1.807, 2.05) is 4.90 Å². The molecule has 1 N–H and O–H groups in total. The van der Waals surface area contributed by atoms with Crippen LogP contribution >= 0.6 is 0 Å². The van der Waals surface area contributed by atoms with Crippen molar-refractivity contribution >= 4 is 0 Å². The predicted molar refractivity (Wildman–Crippen MR) is 98.0 cm³/mol. The van der Waals surface area contributed by atoms with E-state index in [0.717, 1.165) is 30.8 Å². The lowest BCUT2D eigenvalue weighted by Gasteiger charge is -2.59. The molecule has 0 spiro atoms. The first-order valence-corrected chi connectivity index (χ1v) is 10.4. The Morgan fingerprint density at radius 1 is 1.08 bits per heavy atom. The van der Waals surface area contributed by atoms with Crippen molar-refractivity contribution in [2.45, 2.75) is 62.6 Å². The number of nitriles is 1. The molecule has 1 aromatic rings. The van der Waals surface area contributed by atoms with Crippen LogP contribution in [0, 0.1) is 23.2 Å². The largest absolute Gasteiger partial charge is 0.332 e. The molecule has 6 atom stereocenters. The molecule has 4 aliphatic heterocycles. The average molecular weight is 337 g/mol. The fourth-order valence-electron chi connectivity index (χ4n) is 6.79. The summed E-state index contributed by atoms with van der Waals surface area (Å²) in [6.07, 6.45) is 9.17. The van der Waals surface area contributed by atoms with Gasteiger partial charge >= 0.3 is 0 Å². The van der Waals surface area contributed by atoms with E-state index in [2.05, 4.69) is 41.3 Å². The normalized spacial score (nSPS) is 43.6. The van der Waals surface area contributed by atoms with Crippen molar-refractivity contribution in [1.29, 1.82) is 5.26 Å². The summed E-state index contributed by atoms with van der Waals surface area (Å²) in [6, 6.07) is 15.0. The zero-order valence-corrected chi connectivity index (χ0v) is 15.2. The van der Waals surface area contributed by atoms with Crippen LogP contribution in [0.2, 0.25) is 0 Å². The van der Waals surface area contributed by atoms with Crippen LogP contribution in [0.15, 0.2) is 30.3 Å². The maximum Gasteiger partial charge on any atom is 0.135 e. The van der Waals surface area contributed by atoms with E-state index in [1.165, 1.54) is 57.2 Å². The van der Waals surface area contributed by atoms with E-state index in [1.54, 1.807) is 0 Å². The number of rotatable bonds is 1. The molecule has 1 unspecified atom stereocenters. The molecular formula is C22H30N3+. The standard InChI is InChI=1S/C22H29N3/c23-16-22(19-7-2-1-3-8-19)11-6-10-21-17-13-18(15-25(21)22)20-9-4-5-12-24(20)14-17/h1-3,7-8,17-18,20-21H,4-6,9-15H2/p+1/t17-,18-,20-,21+,22-/m0/s1. The van der Waals surface area contributed by atoms with Crippen LogP contribution in [0.4, 0.5) is 0 Å². The molecule has 4 saturated heterocycles. The summed E-state index contributed by atoms with van der Waals surface area (Å²) in [5.74, 6) is 1.61. The number of quaternary nitrogens is 1.